The van der Waals surface area contributed by atoms with Gasteiger partial charge in [0.25, 0.3) is 0 Å². The van der Waals surface area contributed by atoms with Crippen LogP contribution in [0.15, 0.2) is 12.1 Å². The van der Waals surface area contributed by atoms with E-state index in [0.717, 1.165) is 18.6 Å². The number of carbonyl (C=O) groups is 1. The van der Waals surface area contributed by atoms with Gasteiger partial charge in [-0.2, -0.15) is 0 Å². The van der Waals surface area contributed by atoms with Crippen LogP contribution >= 0.6 is 0 Å². The van der Waals surface area contributed by atoms with E-state index >= 15 is 0 Å². The Hall–Kier alpha value is -1.71. The van der Waals surface area contributed by atoms with Crippen molar-refractivity contribution in [2.75, 3.05) is 12.4 Å². The molecule has 0 unspecified atom stereocenters. The Kier molecular flexibility index (Phi) is 3.20. The van der Waals surface area contributed by atoms with Crippen molar-refractivity contribution in [3.05, 3.63) is 23.3 Å². The SMILES string of the molecule is COC(=O)Nc1ccc(C)c2c1OC(C)(C)CC2. The normalized spacial score (nSPS) is 16.4. The van der Waals surface area contributed by atoms with E-state index in [1.54, 1.807) is 0 Å². The molecule has 0 radical (unpaired) electrons. The van der Waals surface area contributed by atoms with E-state index in [4.69, 9.17) is 4.74 Å². The molecule has 1 aromatic rings. The number of fused-ring (bicyclic) bond motifs is 1. The number of amides is 1. The van der Waals surface area contributed by atoms with Gasteiger partial charge in [-0.25, -0.2) is 4.79 Å². The second kappa shape index (κ2) is 4.52. The summed E-state index contributed by atoms with van der Waals surface area (Å²) < 4.78 is 10.6. The first-order valence-electron chi connectivity index (χ1n) is 6.09. The minimum Gasteiger partial charge on any atom is -0.485 e. The number of hydrogen-bond donors (Lipinski definition) is 1. The van der Waals surface area contributed by atoms with Crippen molar-refractivity contribution in [1.82, 2.24) is 0 Å². The molecule has 2 rings (SSSR count). The largest absolute Gasteiger partial charge is 0.485 e. The minimum atomic E-state index is -0.479. The van der Waals surface area contributed by atoms with Crippen molar-refractivity contribution in [3.63, 3.8) is 0 Å². The minimum absolute atomic E-state index is 0.201. The number of methoxy groups -OCH3 is 1. The van der Waals surface area contributed by atoms with Crippen LogP contribution in [0, 0.1) is 6.92 Å². The molecule has 0 atom stereocenters. The summed E-state index contributed by atoms with van der Waals surface area (Å²) in [6.07, 6.45) is 1.46. The third-order valence-corrected chi connectivity index (χ3v) is 3.27. The molecule has 1 aliphatic heterocycles. The van der Waals surface area contributed by atoms with Crippen molar-refractivity contribution in [2.45, 2.75) is 39.2 Å². The second-order valence-corrected chi connectivity index (χ2v) is 5.22. The highest BCUT2D eigenvalue weighted by atomic mass is 16.5. The average molecular weight is 249 g/mol. The predicted octanol–water partition coefficient (Wildman–Crippen LogP) is 3.28. The zero-order valence-corrected chi connectivity index (χ0v) is 11.3. The zero-order chi connectivity index (χ0) is 13.3. The van der Waals surface area contributed by atoms with Gasteiger partial charge in [-0.15, -0.1) is 0 Å². The maximum atomic E-state index is 11.3. The number of nitrogens with one attached hydrogen (secondary N) is 1. The average Bonchev–Trinajstić information content (AvgIpc) is 2.31. The van der Waals surface area contributed by atoms with Crippen molar-refractivity contribution >= 4 is 11.8 Å². The standard InChI is InChI=1S/C14H19NO3/c1-9-5-6-11(15-13(16)17-4)12-10(9)7-8-14(2,3)18-12/h5-6H,7-8H2,1-4H3,(H,15,16). The first kappa shape index (κ1) is 12.7. The monoisotopic (exact) mass is 249 g/mol. The smallest absolute Gasteiger partial charge is 0.411 e. The van der Waals surface area contributed by atoms with E-state index in [0.29, 0.717) is 5.69 Å². The Morgan fingerprint density at radius 2 is 2.17 bits per heavy atom. The summed E-state index contributed by atoms with van der Waals surface area (Å²) in [5.74, 6) is 0.775. The van der Waals surface area contributed by atoms with Gasteiger partial charge < -0.3 is 9.47 Å². The molecule has 0 fully saturated rings. The second-order valence-electron chi connectivity index (χ2n) is 5.22. The lowest BCUT2D eigenvalue weighted by molar-refractivity contribution is 0.0853. The van der Waals surface area contributed by atoms with Gasteiger partial charge in [0, 0.05) is 0 Å². The summed E-state index contributed by atoms with van der Waals surface area (Å²) in [6, 6.07) is 3.85. The molecule has 4 nitrogen and oxygen atoms in total. The third-order valence-electron chi connectivity index (χ3n) is 3.27. The maximum absolute atomic E-state index is 11.3. The number of carbonyl (C=O) groups excluding carboxylic acids is 1. The van der Waals surface area contributed by atoms with Crippen LogP contribution in [0.5, 0.6) is 5.75 Å². The van der Waals surface area contributed by atoms with Gasteiger partial charge in [0.1, 0.15) is 11.4 Å². The first-order valence-corrected chi connectivity index (χ1v) is 6.09. The predicted molar refractivity (Wildman–Crippen MR) is 70.2 cm³/mol. The van der Waals surface area contributed by atoms with Crippen LogP contribution in [-0.4, -0.2) is 18.8 Å². The van der Waals surface area contributed by atoms with Crippen LogP contribution in [0.4, 0.5) is 10.5 Å². The molecule has 1 amide bonds. The molecule has 0 saturated heterocycles. The van der Waals surface area contributed by atoms with Gasteiger partial charge in [0.2, 0.25) is 0 Å². The van der Waals surface area contributed by atoms with Gasteiger partial charge in [-0.05, 0) is 50.8 Å². The first-order chi connectivity index (χ1) is 8.43. The van der Waals surface area contributed by atoms with Crippen LogP contribution in [0.2, 0.25) is 0 Å². The van der Waals surface area contributed by atoms with E-state index in [2.05, 4.69) is 30.8 Å². The molecule has 1 heterocycles. The Balaban J connectivity index is 2.40. The lowest BCUT2D eigenvalue weighted by atomic mass is 9.91. The Morgan fingerprint density at radius 1 is 1.44 bits per heavy atom. The summed E-state index contributed by atoms with van der Waals surface area (Å²) >= 11 is 0. The highest BCUT2D eigenvalue weighted by Gasteiger charge is 2.29. The molecule has 0 aliphatic carbocycles. The summed E-state index contributed by atoms with van der Waals surface area (Å²) in [6.45, 7) is 6.17. The van der Waals surface area contributed by atoms with E-state index in [1.165, 1.54) is 18.2 Å². The Morgan fingerprint density at radius 3 is 2.83 bits per heavy atom. The highest BCUT2D eigenvalue weighted by molar-refractivity contribution is 5.87. The molecule has 4 heteroatoms. The van der Waals surface area contributed by atoms with Crippen molar-refractivity contribution in [2.24, 2.45) is 0 Å². The topological polar surface area (TPSA) is 47.6 Å². The highest BCUT2D eigenvalue weighted by Crippen LogP contribution is 2.40. The number of rotatable bonds is 1. The fraction of sp³-hybridized carbons (Fsp3) is 0.500. The fourth-order valence-electron chi connectivity index (χ4n) is 2.17. The molecule has 1 aromatic carbocycles. The summed E-state index contributed by atoms with van der Waals surface area (Å²) in [4.78, 5) is 11.3. The van der Waals surface area contributed by atoms with E-state index in [-0.39, 0.29) is 5.60 Å². The van der Waals surface area contributed by atoms with Crippen LogP contribution < -0.4 is 10.1 Å². The number of anilines is 1. The Labute approximate surface area is 107 Å². The van der Waals surface area contributed by atoms with Crippen LogP contribution in [0.25, 0.3) is 0 Å². The fourth-order valence-corrected chi connectivity index (χ4v) is 2.17. The maximum Gasteiger partial charge on any atom is 0.411 e. The van der Waals surface area contributed by atoms with Crippen LogP contribution in [0.3, 0.4) is 0 Å². The lowest BCUT2D eigenvalue weighted by Crippen LogP contribution is -2.33. The molecular weight excluding hydrogens is 230 g/mol. The summed E-state index contributed by atoms with van der Waals surface area (Å²) in [7, 11) is 1.35. The van der Waals surface area contributed by atoms with Crippen molar-refractivity contribution in [1.29, 1.82) is 0 Å². The molecule has 0 bridgehead atoms. The molecule has 1 aliphatic rings. The zero-order valence-electron chi connectivity index (χ0n) is 11.3. The van der Waals surface area contributed by atoms with Gasteiger partial charge in [-0.1, -0.05) is 6.07 Å². The summed E-state index contributed by atoms with van der Waals surface area (Å²) in [5, 5.41) is 2.70. The quantitative estimate of drug-likeness (QED) is 0.830. The van der Waals surface area contributed by atoms with Crippen LogP contribution in [0.1, 0.15) is 31.4 Å². The molecule has 98 valence electrons. The molecule has 0 spiro atoms. The number of aryl methyl sites for hydroxylation is 1. The van der Waals surface area contributed by atoms with E-state index in [9.17, 15) is 4.79 Å². The molecule has 0 saturated carbocycles. The van der Waals surface area contributed by atoms with Crippen molar-refractivity contribution in [3.8, 4) is 5.75 Å². The van der Waals surface area contributed by atoms with Gasteiger partial charge >= 0.3 is 6.09 Å². The lowest BCUT2D eigenvalue weighted by Gasteiger charge is -2.34. The van der Waals surface area contributed by atoms with Gasteiger partial charge in [0.15, 0.2) is 0 Å². The molecule has 1 N–H and O–H groups in total. The van der Waals surface area contributed by atoms with Crippen molar-refractivity contribution < 1.29 is 14.3 Å². The van der Waals surface area contributed by atoms with Crippen LogP contribution in [-0.2, 0) is 11.2 Å². The summed E-state index contributed by atoms with van der Waals surface area (Å²) in [5.41, 5.74) is 2.84. The number of hydrogen-bond acceptors (Lipinski definition) is 3. The molecular formula is C14H19NO3. The molecule has 18 heavy (non-hydrogen) atoms. The third kappa shape index (κ3) is 2.42. The van der Waals surface area contributed by atoms with Gasteiger partial charge in [-0.3, -0.25) is 5.32 Å². The number of ether oxygens (including phenoxy) is 2. The molecule has 0 aromatic heterocycles. The Bertz CT molecular complexity index is 480. The van der Waals surface area contributed by atoms with Gasteiger partial charge in [0.05, 0.1) is 12.8 Å². The number of benzene rings is 1. The van der Waals surface area contributed by atoms with E-state index in [1.807, 2.05) is 12.1 Å². The van der Waals surface area contributed by atoms with E-state index < -0.39 is 6.09 Å².